The summed E-state index contributed by atoms with van der Waals surface area (Å²) in [6, 6.07) is 7.41. The maximum atomic E-state index is 12.0. The fourth-order valence-electron chi connectivity index (χ4n) is 2.34. The molecule has 0 spiro atoms. The van der Waals surface area contributed by atoms with Gasteiger partial charge in [-0.2, -0.15) is 0 Å². The van der Waals surface area contributed by atoms with Crippen molar-refractivity contribution in [1.29, 1.82) is 0 Å². The van der Waals surface area contributed by atoms with Gasteiger partial charge in [-0.1, -0.05) is 13.0 Å². The lowest BCUT2D eigenvalue weighted by atomic mass is 10.0. The second-order valence-corrected chi connectivity index (χ2v) is 4.81. The highest BCUT2D eigenvalue weighted by atomic mass is 35.5. The van der Waals surface area contributed by atoms with E-state index in [0.717, 1.165) is 32.5 Å². The maximum Gasteiger partial charge on any atom is 0.251 e. The summed E-state index contributed by atoms with van der Waals surface area (Å²) >= 11 is 0. The van der Waals surface area contributed by atoms with Crippen LogP contribution in [0.25, 0.3) is 0 Å². The first-order valence-electron chi connectivity index (χ1n) is 6.58. The Balaban J connectivity index is 0.00000180. The van der Waals surface area contributed by atoms with Crippen LogP contribution in [0.3, 0.4) is 0 Å². The minimum Gasteiger partial charge on any atom is -0.399 e. The van der Waals surface area contributed by atoms with Crippen molar-refractivity contribution in [2.75, 3.05) is 25.4 Å². The Bertz CT molecular complexity index is 421. The predicted molar refractivity (Wildman–Crippen MR) is 88.0 cm³/mol. The number of halogens is 2. The van der Waals surface area contributed by atoms with Gasteiger partial charge in [0.15, 0.2) is 0 Å². The van der Waals surface area contributed by atoms with Gasteiger partial charge in [-0.3, -0.25) is 4.79 Å². The monoisotopic (exact) mass is 319 g/mol. The number of benzene rings is 1. The molecule has 114 valence electrons. The molecule has 20 heavy (non-hydrogen) atoms. The minimum atomic E-state index is -0.0164. The molecule has 0 bridgehead atoms. The molecule has 1 aliphatic rings. The van der Waals surface area contributed by atoms with Crippen LogP contribution in [-0.4, -0.2) is 36.5 Å². The minimum absolute atomic E-state index is 0. The van der Waals surface area contributed by atoms with Gasteiger partial charge in [-0.15, -0.1) is 24.8 Å². The van der Waals surface area contributed by atoms with Crippen LogP contribution in [0.1, 0.15) is 30.1 Å². The number of nitrogen functional groups attached to an aromatic ring is 1. The molecule has 0 radical (unpaired) electrons. The zero-order valence-electron chi connectivity index (χ0n) is 11.7. The van der Waals surface area contributed by atoms with Gasteiger partial charge in [-0.25, -0.2) is 0 Å². The quantitative estimate of drug-likeness (QED) is 0.841. The van der Waals surface area contributed by atoms with Crippen molar-refractivity contribution < 1.29 is 4.79 Å². The molecule has 0 aliphatic carbocycles. The Kier molecular flexibility index (Phi) is 8.62. The molecule has 3 N–H and O–H groups in total. The van der Waals surface area contributed by atoms with E-state index < -0.39 is 0 Å². The van der Waals surface area contributed by atoms with Gasteiger partial charge >= 0.3 is 0 Å². The number of nitrogens with one attached hydrogen (secondary N) is 1. The van der Waals surface area contributed by atoms with Crippen LogP contribution in [0.4, 0.5) is 5.69 Å². The molecule has 1 saturated heterocycles. The SMILES string of the molecule is CCN1CCC(NC(=O)c2cccc(N)c2)CC1.Cl.Cl. The normalized spacial score (nSPS) is 15.8. The zero-order chi connectivity index (χ0) is 13.0. The lowest BCUT2D eigenvalue weighted by Crippen LogP contribution is -2.44. The van der Waals surface area contributed by atoms with Gasteiger partial charge in [0.25, 0.3) is 5.91 Å². The van der Waals surface area contributed by atoms with Gasteiger partial charge in [0.1, 0.15) is 0 Å². The molecule has 6 heteroatoms. The van der Waals surface area contributed by atoms with Crippen molar-refractivity contribution in [3.05, 3.63) is 29.8 Å². The summed E-state index contributed by atoms with van der Waals surface area (Å²) in [7, 11) is 0. The summed E-state index contributed by atoms with van der Waals surface area (Å²) in [6.45, 7) is 5.40. The highest BCUT2D eigenvalue weighted by Gasteiger charge is 2.20. The molecule has 1 aromatic rings. The third-order valence-electron chi connectivity index (χ3n) is 3.52. The Morgan fingerprint density at radius 2 is 2.00 bits per heavy atom. The summed E-state index contributed by atoms with van der Waals surface area (Å²) in [6.07, 6.45) is 2.06. The maximum absolute atomic E-state index is 12.0. The number of carbonyl (C=O) groups is 1. The highest BCUT2D eigenvalue weighted by Crippen LogP contribution is 2.12. The number of rotatable bonds is 3. The molecule has 1 fully saturated rings. The van der Waals surface area contributed by atoms with Crippen LogP contribution in [-0.2, 0) is 0 Å². The van der Waals surface area contributed by atoms with Crippen LogP contribution in [0.2, 0.25) is 0 Å². The third-order valence-corrected chi connectivity index (χ3v) is 3.52. The lowest BCUT2D eigenvalue weighted by molar-refractivity contribution is 0.0912. The molecule has 1 amide bonds. The van der Waals surface area contributed by atoms with E-state index in [1.165, 1.54) is 0 Å². The average Bonchev–Trinajstić information content (AvgIpc) is 2.39. The van der Waals surface area contributed by atoms with Crippen LogP contribution in [0.15, 0.2) is 24.3 Å². The number of likely N-dealkylation sites (tertiary alicyclic amines) is 1. The fourth-order valence-corrected chi connectivity index (χ4v) is 2.34. The first-order valence-corrected chi connectivity index (χ1v) is 6.58. The van der Waals surface area contributed by atoms with E-state index in [9.17, 15) is 4.79 Å². The van der Waals surface area contributed by atoms with Crippen LogP contribution >= 0.6 is 24.8 Å². The molecular formula is C14H23Cl2N3O. The predicted octanol–water partition coefficient (Wildman–Crippen LogP) is 2.33. The summed E-state index contributed by atoms with van der Waals surface area (Å²) < 4.78 is 0. The van der Waals surface area contributed by atoms with Gasteiger partial charge in [0.05, 0.1) is 0 Å². The molecule has 0 unspecified atom stereocenters. The van der Waals surface area contributed by atoms with Gasteiger partial charge < -0.3 is 16.0 Å². The van der Waals surface area contributed by atoms with Gasteiger partial charge in [0, 0.05) is 30.4 Å². The number of piperidine rings is 1. The van der Waals surface area contributed by atoms with Gasteiger partial charge in [0.2, 0.25) is 0 Å². The average molecular weight is 320 g/mol. The van der Waals surface area contributed by atoms with E-state index in [4.69, 9.17) is 5.73 Å². The van der Waals surface area contributed by atoms with Crippen LogP contribution in [0, 0.1) is 0 Å². The van der Waals surface area contributed by atoms with Crippen molar-refractivity contribution in [3.8, 4) is 0 Å². The molecule has 1 aliphatic heterocycles. The van der Waals surface area contributed by atoms with Crippen molar-refractivity contribution in [2.45, 2.75) is 25.8 Å². The number of hydrogen-bond donors (Lipinski definition) is 2. The van der Waals surface area contributed by atoms with E-state index in [1.807, 2.05) is 6.07 Å². The Morgan fingerprint density at radius 1 is 1.35 bits per heavy atom. The van der Waals surface area contributed by atoms with Crippen molar-refractivity contribution in [3.63, 3.8) is 0 Å². The Hall–Kier alpha value is -0.970. The second kappa shape index (κ2) is 9.06. The van der Waals surface area contributed by atoms with Crippen molar-refractivity contribution in [1.82, 2.24) is 10.2 Å². The standard InChI is InChI=1S/C14H21N3O.2ClH/c1-2-17-8-6-13(7-9-17)16-14(18)11-4-3-5-12(15)10-11;;/h3-5,10,13H,2,6-9,15H2,1H3,(H,16,18);2*1H. The number of carbonyl (C=O) groups excluding carboxylic acids is 1. The first-order chi connectivity index (χ1) is 8.69. The smallest absolute Gasteiger partial charge is 0.251 e. The number of hydrogen-bond acceptors (Lipinski definition) is 3. The largest absolute Gasteiger partial charge is 0.399 e. The van der Waals surface area contributed by atoms with E-state index in [-0.39, 0.29) is 30.7 Å². The van der Waals surface area contributed by atoms with Crippen molar-refractivity contribution >= 4 is 36.4 Å². The first kappa shape index (κ1) is 19.0. The second-order valence-electron chi connectivity index (χ2n) is 4.81. The number of nitrogens with zero attached hydrogens (tertiary/aromatic N) is 1. The summed E-state index contributed by atoms with van der Waals surface area (Å²) in [5.41, 5.74) is 6.95. The topological polar surface area (TPSA) is 58.4 Å². The fraction of sp³-hybridized carbons (Fsp3) is 0.500. The molecule has 0 saturated carbocycles. The summed E-state index contributed by atoms with van der Waals surface area (Å²) in [5, 5.41) is 3.09. The Morgan fingerprint density at radius 3 is 2.55 bits per heavy atom. The van der Waals surface area contributed by atoms with Crippen LogP contribution < -0.4 is 11.1 Å². The number of amides is 1. The Labute approximate surface area is 132 Å². The van der Waals surface area contributed by atoms with Gasteiger partial charge in [-0.05, 0) is 37.6 Å². The lowest BCUT2D eigenvalue weighted by Gasteiger charge is -2.31. The van der Waals surface area contributed by atoms with E-state index in [0.29, 0.717) is 17.3 Å². The molecule has 1 aromatic carbocycles. The zero-order valence-corrected chi connectivity index (χ0v) is 13.3. The summed E-state index contributed by atoms with van der Waals surface area (Å²) in [4.78, 5) is 14.4. The molecule has 1 heterocycles. The highest BCUT2D eigenvalue weighted by molar-refractivity contribution is 5.95. The van der Waals surface area contributed by atoms with Crippen LogP contribution in [0.5, 0.6) is 0 Å². The molecule has 2 rings (SSSR count). The number of nitrogens with two attached hydrogens (primary N) is 1. The molecule has 4 nitrogen and oxygen atoms in total. The molecule has 0 aromatic heterocycles. The van der Waals surface area contributed by atoms with E-state index >= 15 is 0 Å². The summed E-state index contributed by atoms with van der Waals surface area (Å²) in [5.74, 6) is -0.0164. The molecule has 0 atom stereocenters. The van der Waals surface area contributed by atoms with E-state index in [2.05, 4.69) is 17.1 Å². The molecular weight excluding hydrogens is 297 g/mol. The van der Waals surface area contributed by atoms with E-state index in [1.54, 1.807) is 18.2 Å². The number of anilines is 1. The van der Waals surface area contributed by atoms with Crippen molar-refractivity contribution in [2.24, 2.45) is 0 Å². The third kappa shape index (κ3) is 5.19.